The first-order valence-corrected chi connectivity index (χ1v) is 8.07. The summed E-state index contributed by atoms with van der Waals surface area (Å²) in [6.45, 7) is 5.33. The number of amides is 1. The molecule has 3 heterocycles. The van der Waals surface area contributed by atoms with Crippen molar-refractivity contribution < 1.29 is 9.53 Å². The molecule has 0 spiro atoms. The summed E-state index contributed by atoms with van der Waals surface area (Å²) in [4.78, 5) is 16.0. The van der Waals surface area contributed by atoms with Crippen LogP contribution >= 0.6 is 11.6 Å². The maximum absolute atomic E-state index is 11.9. The number of hydrazone groups is 1. The minimum Gasteiger partial charge on any atom is -0.448 e. The Hall–Kier alpha value is -2.41. The van der Waals surface area contributed by atoms with Crippen molar-refractivity contribution in [3.63, 3.8) is 0 Å². The lowest BCUT2D eigenvalue weighted by atomic mass is 10.1. The fourth-order valence-corrected chi connectivity index (χ4v) is 2.93. The van der Waals surface area contributed by atoms with Gasteiger partial charge in [-0.3, -0.25) is 9.78 Å². The van der Waals surface area contributed by atoms with Gasteiger partial charge in [-0.15, -0.1) is 5.10 Å². The molecule has 1 unspecified atom stereocenters. The first kappa shape index (κ1) is 16.4. The Morgan fingerprint density at radius 1 is 1.46 bits per heavy atom. The van der Waals surface area contributed by atoms with Gasteiger partial charge in [0.15, 0.2) is 5.15 Å². The molecule has 7 nitrogen and oxygen atoms in total. The summed E-state index contributed by atoms with van der Waals surface area (Å²) in [5.41, 5.74) is 0.492. The van der Waals surface area contributed by atoms with E-state index in [2.05, 4.69) is 15.2 Å². The second kappa shape index (κ2) is 6.24. The van der Waals surface area contributed by atoms with Crippen LogP contribution in [0.25, 0.3) is 5.69 Å². The molecule has 0 aliphatic carbocycles. The van der Waals surface area contributed by atoms with Crippen LogP contribution in [0.5, 0.6) is 0 Å². The lowest BCUT2D eigenvalue weighted by Crippen LogP contribution is -2.43. The molecule has 0 radical (unpaired) electrons. The molecule has 0 fully saturated rings. The number of carbonyl (C=O) groups excluding carboxylic acids is 1. The van der Waals surface area contributed by atoms with E-state index in [0.717, 1.165) is 12.1 Å². The number of ether oxygens (including phenoxy) is 1. The van der Waals surface area contributed by atoms with Crippen LogP contribution in [-0.2, 0) is 9.53 Å². The lowest BCUT2D eigenvalue weighted by molar-refractivity contribution is -0.145. The third kappa shape index (κ3) is 2.87. The second-order valence-electron chi connectivity index (χ2n) is 5.75. The number of carbonyl (C=O) groups is 1. The molecule has 1 amide bonds. The number of pyridine rings is 1. The van der Waals surface area contributed by atoms with E-state index in [1.165, 1.54) is 11.9 Å². The Balaban J connectivity index is 1.97. The molecule has 8 heteroatoms. The SMILES string of the molecule is CCCC1(C)OC(c2cn(-c3cccnc3)nc2Cl)=NN1C(C)=O. The molecule has 1 atom stereocenters. The molecule has 3 rings (SSSR count). The van der Waals surface area contributed by atoms with Gasteiger partial charge in [0, 0.05) is 25.7 Å². The van der Waals surface area contributed by atoms with Crippen molar-refractivity contribution in [2.24, 2.45) is 5.10 Å². The van der Waals surface area contributed by atoms with Crippen LogP contribution in [0.4, 0.5) is 0 Å². The molecule has 24 heavy (non-hydrogen) atoms. The normalized spacial score (nSPS) is 20.0. The van der Waals surface area contributed by atoms with Gasteiger partial charge in [-0.1, -0.05) is 24.9 Å². The fourth-order valence-electron chi connectivity index (χ4n) is 2.72. The molecular weight excluding hydrogens is 330 g/mol. The maximum Gasteiger partial charge on any atom is 0.245 e. The summed E-state index contributed by atoms with van der Waals surface area (Å²) in [5, 5.41) is 10.2. The number of nitrogens with zero attached hydrogens (tertiary/aromatic N) is 5. The highest BCUT2D eigenvalue weighted by atomic mass is 35.5. The minimum atomic E-state index is -0.810. The maximum atomic E-state index is 11.9. The first-order chi connectivity index (χ1) is 11.4. The average molecular weight is 348 g/mol. The number of halogens is 1. The Morgan fingerprint density at radius 2 is 2.25 bits per heavy atom. The van der Waals surface area contributed by atoms with Gasteiger partial charge in [-0.25, -0.2) is 4.68 Å². The summed E-state index contributed by atoms with van der Waals surface area (Å²) in [5.74, 6) is 0.109. The predicted octanol–water partition coefficient (Wildman–Crippen LogP) is 2.98. The van der Waals surface area contributed by atoms with Crippen LogP contribution in [0.1, 0.15) is 39.2 Å². The van der Waals surface area contributed by atoms with Gasteiger partial charge in [0.05, 0.1) is 17.4 Å². The van der Waals surface area contributed by atoms with Crippen LogP contribution in [-0.4, -0.2) is 37.3 Å². The zero-order valence-electron chi connectivity index (χ0n) is 13.7. The van der Waals surface area contributed by atoms with Crippen LogP contribution in [0, 0.1) is 0 Å². The van der Waals surface area contributed by atoms with Gasteiger partial charge in [0.1, 0.15) is 0 Å². The molecule has 0 saturated carbocycles. The van der Waals surface area contributed by atoms with Crippen molar-refractivity contribution in [2.45, 2.75) is 39.3 Å². The number of hydrogen-bond acceptors (Lipinski definition) is 5. The lowest BCUT2D eigenvalue weighted by Gasteiger charge is -2.30. The Bertz CT molecular complexity index is 789. The first-order valence-electron chi connectivity index (χ1n) is 7.69. The molecule has 0 N–H and O–H groups in total. The smallest absolute Gasteiger partial charge is 0.245 e. The standard InChI is InChI=1S/C16H18ClN5O2/c1-4-7-16(3)22(11(2)23)20-15(24-16)13-10-21(19-14(13)17)12-6-5-8-18-9-12/h5-6,8-10H,4,7H2,1-3H3. The monoisotopic (exact) mass is 347 g/mol. The van der Waals surface area contributed by atoms with Gasteiger partial charge in [0.25, 0.3) is 0 Å². The highest BCUT2D eigenvalue weighted by Crippen LogP contribution is 2.32. The summed E-state index contributed by atoms with van der Waals surface area (Å²) in [6.07, 6.45) is 6.59. The van der Waals surface area contributed by atoms with E-state index in [-0.39, 0.29) is 11.1 Å². The zero-order valence-corrected chi connectivity index (χ0v) is 14.5. The number of hydrogen-bond donors (Lipinski definition) is 0. The highest BCUT2D eigenvalue weighted by molar-refractivity contribution is 6.32. The quantitative estimate of drug-likeness (QED) is 0.852. The van der Waals surface area contributed by atoms with Crippen molar-refractivity contribution in [2.75, 3.05) is 0 Å². The Labute approximate surface area is 144 Å². The minimum absolute atomic E-state index is 0.184. The largest absolute Gasteiger partial charge is 0.448 e. The van der Waals surface area contributed by atoms with Crippen molar-refractivity contribution in [3.05, 3.63) is 41.4 Å². The van der Waals surface area contributed by atoms with E-state index >= 15 is 0 Å². The van der Waals surface area contributed by atoms with Crippen LogP contribution in [0.3, 0.4) is 0 Å². The second-order valence-corrected chi connectivity index (χ2v) is 6.11. The van der Waals surface area contributed by atoms with Gasteiger partial charge < -0.3 is 4.74 Å². The molecule has 2 aromatic heterocycles. The van der Waals surface area contributed by atoms with Crippen molar-refractivity contribution >= 4 is 23.4 Å². The highest BCUT2D eigenvalue weighted by Gasteiger charge is 2.43. The summed E-state index contributed by atoms with van der Waals surface area (Å²) >= 11 is 6.26. The van der Waals surface area contributed by atoms with Crippen LogP contribution in [0.2, 0.25) is 5.15 Å². The molecular formula is C16H18ClN5O2. The van der Waals surface area contributed by atoms with Crippen molar-refractivity contribution in [1.82, 2.24) is 19.8 Å². The summed E-state index contributed by atoms with van der Waals surface area (Å²) in [7, 11) is 0. The van der Waals surface area contributed by atoms with Gasteiger partial charge in [-0.05, 0) is 19.1 Å². The van der Waals surface area contributed by atoms with Gasteiger partial charge >= 0.3 is 0 Å². The molecule has 0 saturated heterocycles. The molecule has 1 aliphatic heterocycles. The molecule has 0 aromatic carbocycles. The zero-order chi connectivity index (χ0) is 17.3. The van der Waals surface area contributed by atoms with E-state index in [1.54, 1.807) is 23.3 Å². The Morgan fingerprint density at radius 3 is 2.88 bits per heavy atom. The number of rotatable bonds is 4. The molecule has 0 bridgehead atoms. The van der Waals surface area contributed by atoms with E-state index in [9.17, 15) is 4.79 Å². The van der Waals surface area contributed by atoms with Crippen molar-refractivity contribution in [3.8, 4) is 5.69 Å². The predicted molar refractivity (Wildman–Crippen MR) is 89.8 cm³/mol. The molecule has 2 aromatic rings. The third-order valence-electron chi connectivity index (χ3n) is 3.78. The summed E-state index contributed by atoms with van der Waals surface area (Å²) in [6, 6.07) is 3.67. The fraction of sp³-hybridized carbons (Fsp3) is 0.375. The van der Waals surface area contributed by atoms with Crippen LogP contribution < -0.4 is 0 Å². The topological polar surface area (TPSA) is 72.6 Å². The van der Waals surface area contributed by atoms with Gasteiger partial charge in [0.2, 0.25) is 17.5 Å². The molecule has 1 aliphatic rings. The average Bonchev–Trinajstić information content (AvgIpc) is 3.09. The summed E-state index contributed by atoms with van der Waals surface area (Å²) < 4.78 is 7.58. The Kier molecular flexibility index (Phi) is 4.28. The van der Waals surface area contributed by atoms with E-state index < -0.39 is 5.72 Å². The third-order valence-corrected chi connectivity index (χ3v) is 4.06. The van der Waals surface area contributed by atoms with Gasteiger partial charge in [-0.2, -0.15) is 10.1 Å². The van der Waals surface area contributed by atoms with E-state index in [1.807, 2.05) is 26.0 Å². The van der Waals surface area contributed by atoms with Crippen LogP contribution in [0.15, 0.2) is 35.8 Å². The van der Waals surface area contributed by atoms with Crippen molar-refractivity contribution in [1.29, 1.82) is 0 Å². The van der Waals surface area contributed by atoms with E-state index in [0.29, 0.717) is 17.9 Å². The van der Waals surface area contributed by atoms with E-state index in [4.69, 9.17) is 16.3 Å². The molecule has 126 valence electrons. The number of aromatic nitrogens is 3.